The molecule has 8 heteroatoms. The maximum absolute atomic E-state index is 12.8. The van der Waals surface area contributed by atoms with E-state index in [0.717, 1.165) is 5.52 Å². The molecule has 4 rings (SSSR count). The monoisotopic (exact) mass is 387 g/mol. The maximum Gasteiger partial charge on any atom is 0.328 e. The number of aromatic amines is 1. The van der Waals surface area contributed by atoms with Gasteiger partial charge in [-0.15, -0.1) is 0 Å². The smallest absolute Gasteiger partial charge is 0.328 e. The molecular formula is C21H17N5O3. The summed E-state index contributed by atoms with van der Waals surface area (Å²) in [6, 6.07) is 16.1. The van der Waals surface area contributed by atoms with Crippen molar-refractivity contribution in [2.75, 3.05) is 0 Å². The van der Waals surface area contributed by atoms with Crippen LogP contribution in [-0.4, -0.2) is 24.9 Å². The molecule has 8 nitrogen and oxygen atoms in total. The number of para-hydroxylation sites is 3. The van der Waals surface area contributed by atoms with Crippen LogP contribution < -0.4 is 11.2 Å². The maximum atomic E-state index is 12.8. The lowest BCUT2D eigenvalue weighted by Gasteiger charge is -2.11. The molecule has 0 saturated carbocycles. The zero-order valence-electron chi connectivity index (χ0n) is 15.6. The molecular weight excluding hydrogens is 370 g/mol. The second-order valence-electron chi connectivity index (χ2n) is 6.72. The third-order valence-corrected chi connectivity index (χ3v) is 5.02. The fourth-order valence-electron chi connectivity index (χ4n) is 3.53. The van der Waals surface area contributed by atoms with Crippen LogP contribution in [0.5, 0.6) is 0 Å². The Kier molecular flexibility index (Phi) is 4.56. The van der Waals surface area contributed by atoms with E-state index in [1.807, 2.05) is 30.3 Å². The molecule has 0 fully saturated rings. The number of nitrogens with one attached hydrogen (secondary N) is 1. The fraction of sp³-hybridized carbons (Fsp3) is 0.190. The van der Waals surface area contributed by atoms with Gasteiger partial charge in [0.2, 0.25) is 0 Å². The summed E-state index contributed by atoms with van der Waals surface area (Å²) in [7, 11) is 1.77. The number of imidazole rings is 1. The average Bonchev–Trinajstić information content (AvgIpc) is 3.05. The van der Waals surface area contributed by atoms with Gasteiger partial charge in [0, 0.05) is 20.0 Å². The lowest BCUT2D eigenvalue weighted by molar-refractivity contribution is -0.119. The normalized spacial score (nSPS) is 12.1. The minimum atomic E-state index is -1.04. The Morgan fingerprint density at radius 1 is 1.14 bits per heavy atom. The number of hydrogen-bond acceptors (Lipinski definition) is 5. The Morgan fingerprint density at radius 3 is 2.55 bits per heavy atom. The first kappa shape index (κ1) is 18.4. The van der Waals surface area contributed by atoms with E-state index in [2.05, 4.69) is 9.97 Å². The van der Waals surface area contributed by atoms with Crippen LogP contribution in [0.4, 0.5) is 0 Å². The van der Waals surface area contributed by atoms with E-state index >= 15 is 0 Å². The summed E-state index contributed by atoms with van der Waals surface area (Å²) in [6.45, 7) is 0.0527. The molecule has 0 saturated heterocycles. The van der Waals surface area contributed by atoms with Crippen molar-refractivity contribution in [2.24, 2.45) is 7.05 Å². The molecule has 1 N–H and O–H groups in total. The third-order valence-electron chi connectivity index (χ3n) is 5.02. The molecule has 0 radical (unpaired) electrons. The van der Waals surface area contributed by atoms with Gasteiger partial charge in [-0.25, -0.2) is 9.78 Å². The molecule has 4 aromatic rings. The molecule has 29 heavy (non-hydrogen) atoms. The molecule has 0 aliphatic heterocycles. The molecule has 0 aliphatic rings. The van der Waals surface area contributed by atoms with Crippen molar-refractivity contribution >= 4 is 27.7 Å². The lowest BCUT2D eigenvalue weighted by Crippen LogP contribution is -2.31. The highest BCUT2D eigenvalue weighted by Crippen LogP contribution is 2.22. The Balaban J connectivity index is 1.65. The second kappa shape index (κ2) is 7.20. The summed E-state index contributed by atoms with van der Waals surface area (Å²) in [5, 5.41) is 9.99. The van der Waals surface area contributed by atoms with Crippen molar-refractivity contribution in [1.29, 1.82) is 5.26 Å². The van der Waals surface area contributed by atoms with Gasteiger partial charge in [0.05, 0.1) is 28.0 Å². The van der Waals surface area contributed by atoms with Gasteiger partial charge in [-0.2, -0.15) is 5.26 Å². The summed E-state index contributed by atoms with van der Waals surface area (Å²) in [5.41, 5.74) is 0.935. The standard InChI is InChI=1S/C21H17N5O3/c1-25-17-9-5-3-7-15(17)23-19(25)14(12-22)18(27)10-11-26-16-8-4-2-6-13(16)20(28)24-21(26)29/h2-9,14H,10-11H2,1H3,(H,24,28,29). The number of hydrogen-bond donors (Lipinski definition) is 1. The summed E-state index contributed by atoms with van der Waals surface area (Å²) < 4.78 is 3.08. The SMILES string of the molecule is Cn1c(C(C#N)C(=O)CCn2c(=O)[nH]c(=O)c3ccccc32)nc2ccccc21. The van der Waals surface area contributed by atoms with E-state index in [1.165, 1.54) is 4.57 Å². The van der Waals surface area contributed by atoms with Crippen LogP contribution in [0.1, 0.15) is 18.2 Å². The Labute approximate surface area is 164 Å². The summed E-state index contributed by atoms with van der Waals surface area (Å²) in [6.07, 6.45) is -0.0443. The molecule has 0 spiro atoms. The molecule has 0 bridgehead atoms. The van der Waals surface area contributed by atoms with Crippen LogP contribution in [0.3, 0.4) is 0 Å². The van der Waals surface area contributed by atoms with Crippen molar-refractivity contribution in [3.63, 3.8) is 0 Å². The van der Waals surface area contributed by atoms with Gasteiger partial charge in [-0.05, 0) is 24.3 Å². The van der Waals surface area contributed by atoms with E-state index in [0.29, 0.717) is 22.2 Å². The number of nitriles is 1. The van der Waals surface area contributed by atoms with Gasteiger partial charge in [-0.1, -0.05) is 24.3 Å². The van der Waals surface area contributed by atoms with Gasteiger partial charge in [0.1, 0.15) is 5.82 Å². The van der Waals surface area contributed by atoms with Gasteiger partial charge in [0.15, 0.2) is 11.7 Å². The number of Topliss-reactive ketones (excluding diaryl/α,β-unsaturated/α-hetero) is 1. The number of carbonyl (C=O) groups is 1. The minimum absolute atomic E-state index is 0.0443. The highest BCUT2D eigenvalue weighted by molar-refractivity contribution is 5.89. The van der Waals surface area contributed by atoms with Gasteiger partial charge < -0.3 is 4.57 Å². The summed E-state index contributed by atoms with van der Waals surface area (Å²) in [5.74, 6) is -1.01. The predicted molar refractivity (Wildman–Crippen MR) is 108 cm³/mol. The highest BCUT2D eigenvalue weighted by atomic mass is 16.2. The van der Waals surface area contributed by atoms with Crippen molar-refractivity contribution in [3.8, 4) is 6.07 Å². The second-order valence-corrected chi connectivity index (χ2v) is 6.72. The van der Waals surface area contributed by atoms with Gasteiger partial charge >= 0.3 is 5.69 Å². The van der Waals surface area contributed by atoms with Gasteiger partial charge in [-0.3, -0.25) is 19.1 Å². The van der Waals surface area contributed by atoms with Crippen LogP contribution in [-0.2, 0) is 18.4 Å². The number of carbonyl (C=O) groups excluding carboxylic acids is 1. The molecule has 144 valence electrons. The first-order valence-corrected chi connectivity index (χ1v) is 9.07. The van der Waals surface area contributed by atoms with Crippen molar-refractivity contribution in [2.45, 2.75) is 18.9 Å². The molecule has 0 aliphatic carbocycles. The number of aryl methyl sites for hydroxylation is 2. The number of aromatic nitrogens is 4. The third kappa shape index (κ3) is 3.12. The highest BCUT2D eigenvalue weighted by Gasteiger charge is 2.25. The average molecular weight is 387 g/mol. The van der Waals surface area contributed by atoms with Crippen LogP contribution in [0.25, 0.3) is 21.9 Å². The van der Waals surface area contributed by atoms with Gasteiger partial charge in [0.25, 0.3) is 5.56 Å². The lowest BCUT2D eigenvalue weighted by atomic mass is 10.0. The number of benzene rings is 2. The van der Waals surface area contributed by atoms with Crippen LogP contribution in [0.15, 0.2) is 58.1 Å². The van der Waals surface area contributed by atoms with Crippen molar-refractivity contribution < 1.29 is 4.79 Å². The predicted octanol–water partition coefficient (Wildman–Crippen LogP) is 1.84. The Morgan fingerprint density at radius 2 is 1.83 bits per heavy atom. The van der Waals surface area contributed by atoms with Crippen LogP contribution >= 0.6 is 0 Å². The van der Waals surface area contributed by atoms with E-state index in [9.17, 15) is 19.6 Å². The Hall–Kier alpha value is -3.99. The molecule has 1 unspecified atom stereocenters. The van der Waals surface area contributed by atoms with E-state index in [1.54, 1.807) is 35.9 Å². The van der Waals surface area contributed by atoms with Crippen molar-refractivity contribution in [1.82, 2.24) is 19.1 Å². The first-order valence-electron chi connectivity index (χ1n) is 9.07. The number of nitrogens with zero attached hydrogens (tertiary/aromatic N) is 4. The number of fused-ring (bicyclic) bond motifs is 2. The topological polar surface area (TPSA) is 114 Å². The largest absolute Gasteiger partial charge is 0.330 e. The minimum Gasteiger partial charge on any atom is -0.330 e. The zero-order valence-corrected chi connectivity index (χ0v) is 15.6. The molecule has 2 aromatic heterocycles. The molecule has 2 heterocycles. The molecule has 2 aromatic carbocycles. The Bertz CT molecular complexity index is 1400. The zero-order chi connectivity index (χ0) is 20.5. The van der Waals surface area contributed by atoms with Crippen molar-refractivity contribution in [3.05, 3.63) is 75.2 Å². The summed E-state index contributed by atoms with van der Waals surface area (Å²) >= 11 is 0. The van der Waals surface area contributed by atoms with E-state index < -0.39 is 17.2 Å². The van der Waals surface area contributed by atoms with Crippen LogP contribution in [0, 0.1) is 11.3 Å². The summed E-state index contributed by atoms with van der Waals surface area (Å²) in [4.78, 5) is 43.8. The first-order chi connectivity index (χ1) is 14.0. The quantitative estimate of drug-likeness (QED) is 0.561. The fourth-order valence-corrected chi connectivity index (χ4v) is 3.53. The molecule has 0 amide bonds. The number of H-pyrrole nitrogens is 1. The number of ketones is 1. The van der Waals surface area contributed by atoms with Crippen LogP contribution in [0.2, 0.25) is 0 Å². The van der Waals surface area contributed by atoms with E-state index in [4.69, 9.17) is 0 Å². The molecule has 1 atom stereocenters. The number of rotatable bonds is 5. The van der Waals surface area contributed by atoms with E-state index in [-0.39, 0.29) is 18.7 Å².